The van der Waals surface area contributed by atoms with Gasteiger partial charge in [-0.2, -0.15) is 0 Å². The van der Waals surface area contributed by atoms with Crippen LogP contribution in [0.25, 0.3) is 0 Å². The molecule has 0 saturated heterocycles. The van der Waals surface area contributed by atoms with Crippen LogP contribution in [-0.4, -0.2) is 25.8 Å². The number of hydrogen-bond acceptors (Lipinski definition) is 2. The molecule has 2 heteroatoms. The molecule has 1 saturated carbocycles. The second kappa shape index (κ2) is 8.12. The molecule has 0 radical (unpaired) electrons. The van der Waals surface area contributed by atoms with Gasteiger partial charge in [0.1, 0.15) is 0 Å². The fraction of sp³-hybridized carbons (Fsp3) is 1.00. The largest absolute Gasteiger partial charge is 0.381 e. The molecule has 1 fully saturated rings. The first-order chi connectivity index (χ1) is 7.33. The molecule has 15 heavy (non-hydrogen) atoms. The minimum Gasteiger partial charge on any atom is -0.381 e. The van der Waals surface area contributed by atoms with Crippen LogP contribution in [0.5, 0.6) is 0 Å². The molecule has 0 aromatic heterocycles. The lowest BCUT2D eigenvalue weighted by Crippen LogP contribution is -2.26. The van der Waals surface area contributed by atoms with E-state index in [4.69, 9.17) is 4.74 Å². The Bertz CT molecular complexity index is 145. The molecular formula is C13H27NO. The molecule has 0 heterocycles. The predicted molar refractivity (Wildman–Crippen MR) is 65.1 cm³/mol. The summed E-state index contributed by atoms with van der Waals surface area (Å²) in [4.78, 5) is 0. The number of hydrogen-bond donors (Lipinski definition) is 1. The number of rotatable bonds is 10. The summed E-state index contributed by atoms with van der Waals surface area (Å²) in [7, 11) is 0. The Kier molecular flexibility index (Phi) is 7.03. The second-order valence-electron chi connectivity index (χ2n) is 4.87. The molecule has 0 aromatic rings. The van der Waals surface area contributed by atoms with E-state index in [1.54, 1.807) is 0 Å². The molecule has 1 aliphatic carbocycles. The summed E-state index contributed by atoms with van der Waals surface area (Å²) in [6.45, 7) is 7.63. The molecule has 1 unspecified atom stereocenters. The lowest BCUT2D eigenvalue weighted by atomic mass is 10.1. The highest BCUT2D eigenvalue weighted by Gasteiger charge is 2.20. The maximum atomic E-state index is 5.60. The lowest BCUT2D eigenvalue weighted by molar-refractivity contribution is 0.120. The monoisotopic (exact) mass is 213 g/mol. The van der Waals surface area contributed by atoms with Crippen molar-refractivity contribution in [3.8, 4) is 0 Å². The Morgan fingerprint density at radius 2 is 2.13 bits per heavy atom. The lowest BCUT2D eigenvalue weighted by Gasteiger charge is -2.12. The summed E-state index contributed by atoms with van der Waals surface area (Å²) < 4.78 is 5.60. The molecule has 0 amide bonds. The van der Waals surface area contributed by atoms with E-state index in [0.29, 0.717) is 6.04 Å². The second-order valence-corrected chi connectivity index (χ2v) is 4.87. The van der Waals surface area contributed by atoms with Crippen LogP contribution in [0.3, 0.4) is 0 Å². The molecule has 0 bridgehead atoms. The maximum Gasteiger partial charge on any atom is 0.0494 e. The minimum absolute atomic E-state index is 0.674. The van der Waals surface area contributed by atoms with Gasteiger partial charge in [0.25, 0.3) is 0 Å². The molecule has 0 aromatic carbocycles. The Morgan fingerprint density at radius 1 is 1.33 bits per heavy atom. The van der Waals surface area contributed by atoms with E-state index in [-0.39, 0.29) is 0 Å². The first kappa shape index (κ1) is 13.0. The summed E-state index contributed by atoms with van der Waals surface area (Å²) in [6.07, 6.45) is 7.84. The van der Waals surface area contributed by atoms with Crippen molar-refractivity contribution >= 4 is 0 Å². The van der Waals surface area contributed by atoms with E-state index < -0.39 is 0 Å². The Balaban J connectivity index is 1.74. The average molecular weight is 213 g/mol. The first-order valence-electron chi connectivity index (χ1n) is 6.64. The molecule has 1 N–H and O–H groups in total. The van der Waals surface area contributed by atoms with Crippen molar-refractivity contribution in [3.63, 3.8) is 0 Å². The molecule has 1 rings (SSSR count). The van der Waals surface area contributed by atoms with E-state index in [1.165, 1.54) is 38.5 Å². The summed E-state index contributed by atoms with van der Waals surface area (Å²) in [5.74, 6) is 0.912. The fourth-order valence-corrected chi connectivity index (χ4v) is 1.68. The van der Waals surface area contributed by atoms with E-state index >= 15 is 0 Å². The maximum absolute atomic E-state index is 5.60. The molecular weight excluding hydrogens is 186 g/mol. The van der Waals surface area contributed by atoms with Crippen molar-refractivity contribution in [3.05, 3.63) is 0 Å². The molecule has 90 valence electrons. The van der Waals surface area contributed by atoms with Gasteiger partial charge in [0.15, 0.2) is 0 Å². The molecule has 0 spiro atoms. The zero-order chi connectivity index (χ0) is 10.9. The third-order valence-corrected chi connectivity index (χ3v) is 2.97. The van der Waals surface area contributed by atoms with Gasteiger partial charge in [0, 0.05) is 19.3 Å². The minimum atomic E-state index is 0.674. The smallest absolute Gasteiger partial charge is 0.0494 e. The van der Waals surface area contributed by atoms with Crippen molar-refractivity contribution < 1.29 is 4.74 Å². The highest BCUT2D eigenvalue weighted by molar-refractivity contribution is 4.71. The van der Waals surface area contributed by atoms with E-state index in [0.717, 1.165) is 25.7 Å². The SMILES string of the molecule is CCCNC(C)CCCCOCC1CC1. The summed E-state index contributed by atoms with van der Waals surface area (Å²) >= 11 is 0. The van der Waals surface area contributed by atoms with Gasteiger partial charge in [-0.15, -0.1) is 0 Å². The van der Waals surface area contributed by atoms with Crippen LogP contribution in [0.2, 0.25) is 0 Å². The summed E-state index contributed by atoms with van der Waals surface area (Å²) in [6, 6.07) is 0.674. The van der Waals surface area contributed by atoms with Crippen LogP contribution in [0.15, 0.2) is 0 Å². The van der Waals surface area contributed by atoms with Crippen molar-refractivity contribution in [2.45, 2.75) is 58.4 Å². The van der Waals surface area contributed by atoms with Crippen LogP contribution in [0.4, 0.5) is 0 Å². The number of nitrogens with one attached hydrogen (secondary N) is 1. The quantitative estimate of drug-likeness (QED) is 0.563. The van der Waals surface area contributed by atoms with Crippen LogP contribution in [0.1, 0.15) is 52.4 Å². The van der Waals surface area contributed by atoms with Crippen molar-refractivity contribution in [2.75, 3.05) is 19.8 Å². The molecule has 0 aliphatic heterocycles. The zero-order valence-corrected chi connectivity index (χ0v) is 10.4. The standard InChI is InChI=1S/C13H27NO/c1-3-9-14-12(2)6-4-5-10-15-11-13-7-8-13/h12-14H,3-11H2,1-2H3. The third-order valence-electron chi connectivity index (χ3n) is 2.97. The highest BCUT2D eigenvalue weighted by Crippen LogP contribution is 2.28. The Morgan fingerprint density at radius 3 is 2.80 bits per heavy atom. The third kappa shape index (κ3) is 7.80. The Hall–Kier alpha value is -0.0800. The van der Waals surface area contributed by atoms with Crippen molar-refractivity contribution in [1.82, 2.24) is 5.32 Å². The molecule has 1 aliphatic rings. The highest BCUT2D eigenvalue weighted by atomic mass is 16.5. The normalized spacial score (nSPS) is 18.0. The topological polar surface area (TPSA) is 21.3 Å². The van der Waals surface area contributed by atoms with Gasteiger partial charge in [0.05, 0.1) is 0 Å². The van der Waals surface area contributed by atoms with E-state index in [2.05, 4.69) is 19.2 Å². The number of ether oxygens (including phenoxy) is 1. The Labute approximate surface area is 94.8 Å². The summed E-state index contributed by atoms with van der Waals surface area (Å²) in [5, 5.41) is 3.51. The average Bonchev–Trinajstić information content (AvgIpc) is 3.04. The summed E-state index contributed by atoms with van der Waals surface area (Å²) in [5.41, 5.74) is 0. The van der Waals surface area contributed by atoms with Crippen molar-refractivity contribution in [2.24, 2.45) is 5.92 Å². The molecule has 1 atom stereocenters. The van der Waals surface area contributed by atoms with Gasteiger partial charge < -0.3 is 10.1 Å². The fourth-order valence-electron chi connectivity index (χ4n) is 1.68. The predicted octanol–water partition coefficient (Wildman–Crippen LogP) is 2.97. The van der Waals surface area contributed by atoms with E-state index in [1.807, 2.05) is 0 Å². The van der Waals surface area contributed by atoms with Crippen LogP contribution < -0.4 is 5.32 Å². The van der Waals surface area contributed by atoms with E-state index in [9.17, 15) is 0 Å². The van der Waals surface area contributed by atoms with Gasteiger partial charge in [-0.25, -0.2) is 0 Å². The van der Waals surface area contributed by atoms with Gasteiger partial charge in [-0.1, -0.05) is 6.92 Å². The number of unbranched alkanes of at least 4 members (excludes halogenated alkanes) is 1. The van der Waals surface area contributed by atoms with Crippen LogP contribution in [0, 0.1) is 5.92 Å². The van der Waals surface area contributed by atoms with Crippen LogP contribution in [-0.2, 0) is 4.74 Å². The molecule has 2 nitrogen and oxygen atoms in total. The zero-order valence-electron chi connectivity index (χ0n) is 10.4. The van der Waals surface area contributed by atoms with Gasteiger partial charge >= 0.3 is 0 Å². The van der Waals surface area contributed by atoms with Gasteiger partial charge in [0.2, 0.25) is 0 Å². The van der Waals surface area contributed by atoms with Crippen LogP contribution >= 0.6 is 0 Å². The van der Waals surface area contributed by atoms with Crippen molar-refractivity contribution in [1.29, 1.82) is 0 Å². The van der Waals surface area contributed by atoms with Gasteiger partial charge in [-0.3, -0.25) is 0 Å². The first-order valence-corrected chi connectivity index (χ1v) is 6.64. The van der Waals surface area contributed by atoms with Gasteiger partial charge in [-0.05, 0) is 57.9 Å².